The minimum absolute atomic E-state index is 0.691. The molecule has 0 spiro atoms. The topological polar surface area (TPSA) is 9.23 Å². The molecule has 0 saturated heterocycles. The number of hydrogen-bond donors (Lipinski definition) is 0. The third kappa shape index (κ3) is 1.62. The highest BCUT2D eigenvalue weighted by molar-refractivity contribution is 9.10. The highest BCUT2D eigenvalue weighted by Crippen LogP contribution is 2.32. The van der Waals surface area contributed by atoms with Crippen LogP contribution in [0.15, 0.2) is 40.9 Å². The van der Waals surface area contributed by atoms with Gasteiger partial charge < -0.3 is 4.74 Å². The van der Waals surface area contributed by atoms with Crippen molar-refractivity contribution in [1.29, 1.82) is 0 Å². The Morgan fingerprint density at radius 1 is 1.14 bits per heavy atom. The van der Waals surface area contributed by atoms with Crippen LogP contribution in [0.2, 0.25) is 0 Å². The molecule has 0 aliphatic carbocycles. The number of fused-ring (bicyclic) bond motifs is 1. The van der Waals surface area contributed by atoms with E-state index in [0.29, 0.717) is 6.61 Å². The summed E-state index contributed by atoms with van der Waals surface area (Å²) in [6.07, 6.45) is 0. The molecule has 0 amide bonds. The van der Waals surface area contributed by atoms with Gasteiger partial charge in [0.05, 0.1) is 11.1 Å². The second-order valence-corrected chi connectivity index (χ2v) is 3.82. The normalized spacial score (nSPS) is 10.4. The molecule has 0 radical (unpaired) electrons. The first kappa shape index (κ1) is 9.53. The molecule has 0 unspecified atom stereocenters. The van der Waals surface area contributed by atoms with Crippen LogP contribution < -0.4 is 4.74 Å². The maximum atomic E-state index is 5.50. The van der Waals surface area contributed by atoms with Crippen LogP contribution in [0.3, 0.4) is 0 Å². The molecule has 0 aliphatic rings. The summed E-state index contributed by atoms with van der Waals surface area (Å²) in [6, 6.07) is 12.3. The molecule has 0 saturated carbocycles. The molecule has 0 atom stereocenters. The van der Waals surface area contributed by atoms with Crippen molar-refractivity contribution in [3.05, 3.63) is 40.9 Å². The van der Waals surface area contributed by atoms with Crippen LogP contribution in [0.5, 0.6) is 5.75 Å². The van der Waals surface area contributed by atoms with Crippen LogP contribution >= 0.6 is 15.9 Å². The second kappa shape index (κ2) is 4.01. The average molecular weight is 251 g/mol. The Kier molecular flexibility index (Phi) is 2.73. The highest BCUT2D eigenvalue weighted by Gasteiger charge is 2.04. The van der Waals surface area contributed by atoms with E-state index in [0.717, 1.165) is 10.2 Å². The van der Waals surface area contributed by atoms with Gasteiger partial charge >= 0.3 is 0 Å². The summed E-state index contributed by atoms with van der Waals surface area (Å²) in [5.74, 6) is 0.909. The van der Waals surface area contributed by atoms with Crippen LogP contribution in [-0.4, -0.2) is 6.61 Å². The van der Waals surface area contributed by atoms with Gasteiger partial charge in [0.25, 0.3) is 0 Å². The van der Waals surface area contributed by atoms with E-state index in [1.807, 2.05) is 25.1 Å². The number of hydrogen-bond acceptors (Lipinski definition) is 1. The van der Waals surface area contributed by atoms with E-state index < -0.39 is 0 Å². The number of halogens is 1. The molecule has 0 N–H and O–H groups in total. The fourth-order valence-corrected chi connectivity index (χ4v) is 2.09. The number of rotatable bonds is 2. The molecule has 0 aliphatic heterocycles. The summed E-state index contributed by atoms with van der Waals surface area (Å²) < 4.78 is 6.54. The first-order valence-electron chi connectivity index (χ1n) is 4.63. The quantitative estimate of drug-likeness (QED) is 0.783. The molecule has 2 heteroatoms. The Morgan fingerprint density at radius 2 is 1.93 bits per heavy atom. The summed E-state index contributed by atoms with van der Waals surface area (Å²) in [7, 11) is 0. The number of benzene rings is 2. The SMILES string of the molecule is CCOc1ccc2ccccc2c1Br. The van der Waals surface area contributed by atoms with Crippen molar-refractivity contribution in [3.63, 3.8) is 0 Å². The Balaban J connectivity index is 2.63. The van der Waals surface area contributed by atoms with Gasteiger partial charge in [0.15, 0.2) is 0 Å². The van der Waals surface area contributed by atoms with Crippen molar-refractivity contribution < 1.29 is 4.74 Å². The zero-order valence-electron chi connectivity index (χ0n) is 7.96. The molecule has 1 nitrogen and oxygen atoms in total. The molecule has 0 bridgehead atoms. The van der Waals surface area contributed by atoms with Crippen molar-refractivity contribution in [2.45, 2.75) is 6.92 Å². The second-order valence-electron chi connectivity index (χ2n) is 3.03. The van der Waals surface area contributed by atoms with Gasteiger partial charge in [-0.05, 0) is 39.7 Å². The van der Waals surface area contributed by atoms with E-state index in [1.165, 1.54) is 10.8 Å². The van der Waals surface area contributed by atoms with Gasteiger partial charge in [0.2, 0.25) is 0 Å². The Labute approximate surface area is 91.8 Å². The summed E-state index contributed by atoms with van der Waals surface area (Å²) in [5, 5.41) is 2.42. The maximum Gasteiger partial charge on any atom is 0.134 e. The molecule has 2 rings (SSSR count). The van der Waals surface area contributed by atoms with Gasteiger partial charge in [-0.2, -0.15) is 0 Å². The molecule has 72 valence electrons. The first-order chi connectivity index (χ1) is 6.83. The minimum atomic E-state index is 0.691. The molecule has 0 fully saturated rings. The van der Waals surface area contributed by atoms with E-state index >= 15 is 0 Å². The third-order valence-electron chi connectivity index (χ3n) is 2.13. The van der Waals surface area contributed by atoms with Crippen molar-refractivity contribution in [3.8, 4) is 5.75 Å². The van der Waals surface area contributed by atoms with Crippen LogP contribution in [0.25, 0.3) is 10.8 Å². The Bertz CT molecular complexity index is 451. The van der Waals surface area contributed by atoms with Gasteiger partial charge in [-0.15, -0.1) is 0 Å². The maximum absolute atomic E-state index is 5.50. The fourth-order valence-electron chi connectivity index (χ4n) is 1.48. The van der Waals surface area contributed by atoms with E-state index in [-0.39, 0.29) is 0 Å². The lowest BCUT2D eigenvalue weighted by atomic mass is 10.1. The predicted octanol–water partition coefficient (Wildman–Crippen LogP) is 4.00. The summed E-state index contributed by atoms with van der Waals surface area (Å²) in [4.78, 5) is 0. The van der Waals surface area contributed by atoms with Gasteiger partial charge in [0, 0.05) is 0 Å². The smallest absolute Gasteiger partial charge is 0.134 e. The van der Waals surface area contributed by atoms with Crippen molar-refractivity contribution in [2.75, 3.05) is 6.61 Å². The molecular weight excluding hydrogens is 240 g/mol. The summed E-state index contributed by atoms with van der Waals surface area (Å²) >= 11 is 3.56. The van der Waals surface area contributed by atoms with Crippen LogP contribution in [0.1, 0.15) is 6.92 Å². The standard InChI is InChI=1S/C12H11BrO/c1-2-14-11-8-7-9-5-3-4-6-10(9)12(11)13/h3-8H,2H2,1H3. The van der Waals surface area contributed by atoms with Gasteiger partial charge in [-0.3, -0.25) is 0 Å². The molecule has 0 heterocycles. The van der Waals surface area contributed by atoms with E-state index in [1.54, 1.807) is 0 Å². The van der Waals surface area contributed by atoms with Gasteiger partial charge in [0.1, 0.15) is 5.75 Å². The fraction of sp³-hybridized carbons (Fsp3) is 0.167. The molecule has 2 aromatic carbocycles. The Morgan fingerprint density at radius 3 is 2.71 bits per heavy atom. The van der Waals surface area contributed by atoms with Crippen LogP contribution in [0, 0.1) is 0 Å². The minimum Gasteiger partial charge on any atom is -0.493 e. The molecule has 0 aromatic heterocycles. The lowest BCUT2D eigenvalue weighted by Gasteiger charge is -2.08. The van der Waals surface area contributed by atoms with E-state index in [2.05, 4.69) is 34.1 Å². The van der Waals surface area contributed by atoms with Crippen LogP contribution in [0.4, 0.5) is 0 Å². The highest BCUT2D eigenvalue weighted by atomic mass is 79.9. The molecular formula is C12H11BrO. The third-order valence-corrected chi connectivity index (χ3v) is 2.95. The number of ether oxygens (including phenoxy) is 1. The van der Waals surface area contributed by atoms with Gasteiger partial charge in [-0.1, -0.05) is 30.3 Å². The molecule has 14 heavy (non-hydrogen) atoms. The van der Waals surface area contributed by atoms with Crippen LogP contribution in [-0.2, 0) is 0 Å². The van der Waals surface area contributed by atoms with Gasteiger partial charge in [-0.25, -0.2) is 0 Å². The zero-order chi connectivity index (χ0) is 9.97. The van der Waals surface area contributed by atoms with Crippen molar-refractivity contribution >= 4 is 26.7 Å². The predicted molar refractivity (Wildman–Crippen MR) is 62.8 cm³/mol. The van der Waals surface area contributed by atoms with Crippen molar-refractivity contribution in [2.24, 2.45) is 0 Å². The summed E-state index contributed by atoms with van der Waals surface area (Å²) in [5.41, 5.74) is 0. The monoisotopic (exact) mass is 250 g/mol. The lowest BCUT2D eigenvalue weighted by Crippen LogP contribution is -1.92. The van der Waals surface area contributed by atoms with E-state index in [4.69, 9.17) is 4.74 Å². The largest absolute Gasteiger partial charge is 0.493 e. The molecule has 2 aromatic rings. The Hall–Kier alpha value is -1.02. The van der Waals surface area contributed by atoms with E-state index in [9.17, 15) is 0 Å². The first-order valence-corrected chi connectivity index (χ1v) is 5.42. The zero-order valence-corrected chi connectivity index (χ0v) is 9.54. The summed E-state index contributed by atoms with van der Waals surface area (Å²) in [6.45, 7) is 2.68. The average Bonchev–Trinajstić information content (AvgIpc) is 2.23. The van der Waals surface area contributed by atoms with Crippen molar-refractivity contribution in [1.82, 2.24) is 0 Å². The lowest BCUT2D eigenvalue weighted by molar-refractivity contribution is 0.338.